The van der Waals surface area contributed by atoms with E-state index < -0.39 is 26.6 Å². The highest BCUT2D eigenvalue weighted by molar-refractivity contribution is 7.89. The Labute approximate surface area is 177 Å². The number of fused-ring (bicyclic) bond motifs is 1. The largest absolute Gasteiger partial charge is 0.379 e. The minimum atomic E-state index is -4.04. The van der Waals surface area contributed by atoms with Gasteiger partial charge >= 0.3 is 0 Å². The van der Waals surface area contributed by atoms with Gasteiger partial charge in [0.15, 0.2) is 0 Å². The van der Waals surface area contributed by atoms with Crippen molar-refractivity contribution in [2.24, 2.45) is 0 Å². The number of halogens is 1. The summed E-state index contributed by atoms with van der Waals surface area (Å²) in [5.74, 6) is -1.35. The van der Waals surface area contributed by atoms with Crippen LogP contribution < -0.4 is 5.32 Å². The smallest absolute Gasteiger partial charge is 0.251 e. The summed E-state index contributed by atoms with van der Waals surface area (Å²) in [6, 6.07) is 11.2. The second-order valence-corrected chi connectivity index (χ2v) is 9.76. The molecule has 0 unspecified atom stereocenters. The molecule has 1 saturated heterocycles. The molecule has 1 aliphatic rings. The molecular formula is C20H20FN3O4S2. The van der Waals surface area contributed by atoms with Crippen LogP contribution in [0.4, 0.5) is 4.39 Å². The Morgan fingerprint density at radius 2 is 1.97 bits per heavy atom. The van der Waals surface area contributed by atoms with Crippen molar-refractivity contribution >= 4 is 37.5 Å². The van der Waals surface area contributed by atoms with Gasteiger partial charge in [-0.2, -0.15) is 4.31 Å². The number of carbonyl (C=O) groups excluding carboxylic acids is 1. The number of benzene rings is 2. The second-order valence-electron chi connectivity index (χ2n) is 6.74. The lowest BCUT2D eigenvalue weighted by Crippen LogP contribution is -2.41. The summed E-state index contributed by atoms with van der Waals surface area (Å²) in [7, 11) is -4.04. The molecular weight excluding hydrogens is 429 g/mol. The van der Waals surface area contributed by atoms with Gasteiger partial charge in [0.2, 0.25) is 10.0 Å². The van der Waals surface area contributed by atoms with Crippen LogP contribution in [0.25, 0.3) is 10.2 Å². The summed E-state index contributed by atoms with van der Waals surface area (Å²) in [5.41, 5.74) is 1.01. The molecule has 0 radical (unpaired) electrons. The normalized spacial score (nSPS) is 15.4. The molecule has 1 aromatic heterocycles. The van der Waals surface area contributed by atoms with Crippen LogP contribution in [0.2, 0.25) is 0 Å². The van der Waals surface area contributed by atoms with Gasteiger partial charge in [0.25, 0.3) is 5.91 Å². The van der Waals surface area contributed by atoms with Crippen LogP contribution in [0.3, 0.4) is 0 Å². The van der Waals surface area contributed by atoms with Crippen LogP contribution in [-0.2, 0) is 21.2 Å². The first-order valence-electron chi connectivity index (χ1n) is 9.45. The number of thiazole rings is 1. The van der Waals surface area contributed by atoms with Crippen molar-refractivity contribution in [3.8, 4) is 0 Å². The molecule has 0 bridgehead atoms. The van der Waals surface area contributed by atoms with E-state index in [1.54, 1.807) is 11.3 Å². The molecule has 1 N–H and O–H groups in total. The molecule has 0 saturated carbocycles. The number of para-hydroxylation sites is 1. The van der Waals surface area contributed by atoms with E-state index in [0.717, 1.165) is 27.4 Å². The first kappa shape index (κ1) is 20.9. The fourth-order valence-corrected chi connectivity index (χ4v) is 5.65. The number of rotatable bonds is 6. The molecule has 30 heavy (non-hydrogen) atoms. The maximum absolute atomic E-state index is 14.3. The number of nitrogens with zero attached hydrogens (tertiary/aromatic N) is 2. The summed E-state index contributed by atoms with van der Waals surface area (Å²) in [6.07, 6.45) is 0.547. The number of amides is 1. The van der Waals surface area contributed by atoms with Gasteiger partial charge in [0.1, 0.15) is 10.7 Å². The number of morpholine rings is 1. The lowest BCUT2D eigenvalue weighted by molar-refractivity contribution is 0.0729. The third kappa shape index (κ3) is 4.36. The number of ether oxygens (including phenoxy) is 1. The highest BCUT2D eigenvalue weighted by atomic mass is 32.2. The average molecular weight is 450 g/mol. The lowest BCUT2D eigenvalue weighted by atomic mass is 10.2. The van der Waals surface area contributed by atoms with E-state index in [1.807, 2.05) is 24.3 Å². The molecule has 10 heteroatoms. The third-order valence-electron chi connectivity index (χ3n) is 4.74. The molecule has 4 rings (SSSR count). The van der Waals surface area contributed by atoms with Gasteiger partial charge in [-0.1, -0.05) is 12.1 Å². The maximum Gasteiger partial charge on any atom is 0.251 e. The molecule has 158 valence electrons. The van der Waals surface area contributed by atoms with Crippen LogP contribution in [0.15, 0.2) is 47.4 Å². The standard InChI is InChI=1S/C20H20FN3O4S2/c21-15-6-5-14(13-18(15)30(26,27)24-9-11-28-12-10-24)20(25)22-8-7-19-23-16-3-1-2-4-17(16)29-19/h1-6,13H,7-12H2,(H,22,25). The summed E-state index contributed by atoms with van der Waals surface area (Å²) in [6.45, 7) is 1.15. The molecule has 1 fully saturated rings. The first-order valence-corrected chi connectivity index (χ1v) is 11.7. The highest BCUT2D eigenvalue weighted by Crippen LogP contribution is 2.23. The number of nitrogens with one attached hydrogen (secondary N) is 1. The third-order valence-corrected chi connectivity index (χ3v) is 7.75. The SMILES string of the molecule is O=C(NCCc1nc2ccccc2s1)c1ccc(F)c(S(=O)(=O)N2CCOCC2)c1. The van der Waals surface area contributed by atoms with Crippen molar-refractivity contribution in [3.05, 3.63) is 58.9 Å². The van der Waals surface area contributed by atoms with E-state index in [9.17, 15) is 17.6 Å². The summed E-state index contributed by atoms with van der Waals surface area (Å²) < 4.78 is 47.2. The van der Waals surface area contributed by atoms with Gasteiger partial charge in [-0.25, -0.2) is 17.8 Å². The van der Waals surface area contributed by atoms with Crippen molar-refractivity contribution < 1.29 is 22.3 Å². The predicted octanol–water partition coefficient (Wildman–Crippen LogP) is 2.43. The molecule has 2 aromatic carbocycles. The Kier molecular flexibility index (Phi) is 6.09. The zero-order valence-electron chi connectivity index (χ0n) is 16.0. The summed E-state index contributed by atoms with van der Waals surface area (Å²) in [4.78, 5) is 16.5. The molecule has 1 amide bonds. The Hall–Kier alpha value is -2.40. The van der Waals surface area contributed by atoms with Crippen molar-refractivity contribution in [3.63, 3.8) is 0 Å². The molecule has 7 nitrogen and oxygen atoms in total. The average Bonchev–Trinajstić information content (AvgIpc) is 3.17. The van der Waals surface area contributed by atoms with Crippen molar-refractivity contribution in [2.75, 3.05) is 32.8 Å². The summed E-state index contributed by atoms with van der Waals surface area (Å²) in [5, 5.41) is 3.64. The summed E-state index contributed by atoms with van der Waals surface area (Å²) >= 11 is 1.56. The van der Waals surface area contributed by atoms with Crippen LogP contribution in [-0.4, -0.2) is 56.5 Å². The van der Waals surface area contributed by atoms with Gasteiger partial charge < -0.3 is 10.1 Å². The minimum Gasteiger partial charge on any atom is -0.379 e. The van der Waals surface area contributed by atoms with Crippen molar-refractivity contribution in [2.45, 2.75) is 11.3 Å². The Bertz CT molecular complexity index is 1140. The molecule has 3 aromatic rings. The van der Waals surface area contributed by atoms with Gasteiger partial charge in [0, 0.05) is 31.6 Å². The predicted molar refractivity (Wildman–Crippen MR) is 112 cm³/mol. The van der Waals surface area contributed by atoms with Crippen LogP contribution in [0.5, 0.6) is 0 Å². The molecule has 0 spiro atoms. The fraction of sp³-hybridized carbons (Fsp3) is 0.300. The zero-order valence-corrected chi connectivity index (χ0v) is 17.6. The number of hydrogen-bond donors (Lipinski definition) is 1. The van der Waals surface area contributed by atoms with E-state index in [-0.39, 0.29) is 31.9 Å². The first-order chi connectivity index (χ1) is 14.4. The van der Waals surface area contributed by atoms with E-state index >= 15 is 0 Å². The minimum absolute atomic E-state index is 0.0903. The number of carbonyl (C=O) groups is 1. The maximum atomic E-state index is 14.3. The van der Waals surface area contributed by atoms with E-state index in [0.29, 0.717) is 13.0 Å². The zero-order chi connectivity index (χ0) is 21.1. The quantitative estimate of drug-likeness (QED) is 0.625. The second kappa shape index (κ2) is 8.76. The molecule has 0 aliphatic carbocycles. The number of aromatic nitrogens is 1. The highest BCUT2D eigenvalue weighted by Gasteiger charge is 2.29. The fourth-order valence-electron chi connectivity index (χ4n) is 3.18. The Balaban J connectivity index is 1.44. The van der Waals surface area contributed by atoms with Crippen LogP contribution in [0, 0.1) is 5.82 Å². The van der Waals surface area contributed by atoms with Crippen LogP contribution in [0.1, 0.15) is 15.4 Å². The molecule has 2 heterocycles. The number of hydrogen-bond acceptors (Lipinski definition) is 6. The van der Waals surface area contributed by atoms with E-state index in [2.05, 4.69) is 10.3 Å². The number of sulfonamides is 1. The van der Waals surface area contributed by atoms with E-state index in [4.69, 9.17) is 4.74 Å². The molecule has 1 aliphatic heterocycles. The van der Waals surface area contributed by atoms with Crippen molar-refractivity contribution in [1.82, 2.24) is 14.6 Å². The van der Waals surface area contributed by atoms with Crippen LogP contribution >= 0.6 is 11.3 Å². The lowest BCUT2D eigenvalue weighted by Gasteiger charge is -2.26. The Morgan fingerprint density at radius 3 is 2.73 bits per heavy atom. The molecule has 0 atom stereocenters. The monoisotopic (exact) mass is 449 g/mol. The van der Waals surface area contributed by atoms with Crippen molar-refractivity contribution in [1.29, 1.82) is 0 Å². The van der Waals surface area contributed by atoms with E-state index in [1.165, 1.54) is 10.4 Å². The van der Waals surface area contributed by atoms with Gasteiger partial charge in [-0.3, -0.25) is 4.79 Å². The van der Waals surface area contributed by atoms with Gasteiger partial charge in [0.05, 0.1) is 28.4 Å². The van der Waals surface area contributed by atoms with Gasteiger partial charge in [-0.05, 0) is 30.3 Å². The topological polar surface area (TPSA) is 88.6 Å². The Morgan fingerprint density at radius 1 is 1.20 bits per heavy atom. The van der Waals surface area contributed by atoms with Gasteiger partial charge in [-0.15, -0.1) is 11.3 Å².